The molecule has 3 aromatic rings. The fourth-order valence-corrected chi connectivity index (χ4v) is 3.78. The summed E-state index contributed by atoms with van der Waals surface area (Å²) in [4.78, 5) is 19.2. The van der Waals surface area contributed by atoms with Crippen LogP contribution in [0.3, 0.4) is 0 Å². The first-order valence-corrected chi connectivity index (χ1v) is 9.66. The predicted octanol–water partition coefficient (Wildman–Crippen LogP) is 3.51. The molecule has 27 heavy (non-hydrogen) atoms. The fraction of sp³-hybridized carbons (Fsp3) is 0.304. The Bertz CT molecular complexity index is 953. The lowest BCUT2D eigenvalue weighted by molar-refractivity contribution is -0.123. The molecule has 1 atom stereocenters. The number of likely N-dealkylation sites (N-methyl/N-ethyl adjacent to an activating group) is 1. The summed E-state index contributed by atoms with van der Waals surface area (Å²) in [6.07, 6.45) is 2.69. The van der Waals surface area contributed by atoms with Crippen LogP contribution in [0.2, 0.25) is 0 Å². The molecule has 1 aliphatic rings. The number of hydrogen-bond donors (Lipinski definition) is 1. The first kappa shape index (κ1) is 17.7. The third-order valence-corrected chi connectivity index (χ3v) is 5.42. The second-order valence-corrected chi connectivity index (χ2v) is 7.15. The minimum atomic E-state index is 0.0317. The van der Waals surface area contributed by atoms with Crippen LogP contribution in [-0.4, -0.2) is 35.4 Å². The summed E-state index contributed by atoms with van der Waals surface area (Å²) in [6.45, 7) is 5.52. The zero-order valence-electron chi connectivity index (χ0n) is 15.7. The minimum absolute atomic E-state index is 0.0317. The van der Waals surface area contributed by atoms with E-state index in [4.69, 9.17) is 0 Å². The number of hydrogen-bond acceptors (Lipinski definition) is 3. The quantitative estimate of drug-likeness (QED) is 0.702. The molecule has 1 N–H and O–H groups in total. The maximum atomic E-state index is 12.4. The van der Waals surface area contributed by atoms with Crippen molar-refractivity contribution in [3.05, 3.63) is 77.5 Å². The molecule has 138 valence electrons. The van der Waals surface area contributed by atoms with Gasteiger partial charge in [0, 0.05) is 31.2 Å². The number of fused-ring (bicyclic) bond motifs is 2. The lowest BCUT2D eigenvalue weighted by atomic mass is 9.77. The predicted molar refractivity (Wildman–Crippen MR) is 109 cm³/mol. The average molecular weight is 359 g/mol. The second-order valence-electron chi connectivity index (χ2n) is 7.15. The molecule has 1 unspecified atom stereocenters. The normalized spacial score (nSPS) is 15.4. The van der Waals surface area contributed by atoms with Crippen LogP contribution < -0.4 is 5.32 Å². The van der Waals surface area contributed by atoms with Gasteiger partial charge in [-0.15, -0.1) is 0 Å². The van der Waals surface area contributed by atoms with Gasteiger partial charge in [-0.2, -0.15) is 0 Å². The highest BCUT2D eigenvalue weighted by Crippen LogP contribution is 2.34. The molecule has 0 fully saturated rings. The number of nitrogens with zero attached hydrogens (tertiary/aromatic N) is 2. The summed E-state index contributed by atoms with van der Waals surface area (Å²) in [5.74, 6) is 0.186. The van der Waals surface area contributed by atoms with Crippen LogP contribution in [0.1, 0.15) is 29.5 Å². The van der Waals surface area contributed by atoms with E-state index in [0.717, 1.165) is 31.6 Å². The highest BCUT2D eigenvalue weighted by molar-refractivity contribution is 5.86. The number of carbonyl (C=O) groups is 1. The van der Waals surface area contributed by atoms with Crippen molar-refractivity contribution in [1.29, 1.82) is 0 Å². The van der Waals surface area contributed by atoms with Gasteiger partial charge in [-0.05, 0) is 47.9 Å². The molecule has 4 heteroatoms. The molecule has 1 amide bonds. The molecule has 2 aromatic carbocycles. The molecule has 0 spiro atoms. The van der Waals surface area contributed by atoms with Crippen molar-refractivity contribution in [3.8, 4) is 0 Å². The van der Waals surface area contributed by atoms with Gasteiger partial charge in [0.15, 0.2) is 0 Å². The van der Waals surface area contributed by atoms with E-state index in [9.17, 15) is 4.79 Å². The number of nitrogens with one attached hydrogen (secondary N) is 1. The molecule has 4 rings (SSSR count). The molecule has 0 bridgehead atoms. The Labute approximate surface area is 160 Å². The van der Waals surface area contributed by atoms with Crippen molar-refractivity contribution >= 4 is 16.8 Å². The van der Waals surface area contributed by atoms with Crippen molar-refractivity contribution < 1.29 is 4.79 Å². The first-order chi connectivity index (χ1) is 13.2. The van der Waals surface area contributed by atoms with E-state index in [2.05, 4.69) is 58.5 Å². The van der Waals surface area contributed by atoms with Crippen molar-refractivity contribution in [2.75, 3.05) is 19.6 Å². The third kappa shape index (κ3) is 3.86. The lowest BCUT2D eigenvalue weighted by Crippen LogP contribution is -2.39. The monoisotopic (exact) mass is 359 g/mol. The number of pyridine rings is 1. The molecule has 0 saturated carbocycles. The Morgan fingerprint density at radius 3 is 2.93 bits per heavy atom. The van der Waals surface area contributed by atoms with Gasteiger partial charge in [0.1, 0.15) is 0 Å². The number of aromatic nitrogens is 1. The van der Waals surface area contributed by atoms with Gasteiger partial charge in [0.2, 0.25) is 5.91 Å². The molecule has 1 aliphatic carbocycles. The molecule has 0 aliphatic heterocycles. The van der Waals surface area contributed by atoms with Crippen LogP contribution in [0.15, 0.2) is 60.8 Å². The SMILES string of the molecule is CCN(CCNC(=O)C1Cc2ccccc21)Cc1ccc2ncccc2c1. The number of carbonyl (C=O) groups excluding carboxylic acids is 1. The van der Waals surface area contributed by atoms with Crippen molar-refractivity contribution in [2.45, 2.75) is 25.8 Å². The first-order valence-electron chi connectivity index (χ1n) is 9.66. The zero-order valence-corrected chi connectivity index (χ0v) is 15.7. The van der Waals surface area contributed by atoms with Gasteiger partial charge in [-0.25, -0.2) is 0 Å². The Hall–Kier alpha value is -2.72. The van der Waals surface area contributed by atoms with Crippen LogP contribution in [0.25, 0.3) is 10.9 Å². The largest absolute Gasteiger partial charge is 0.354 e. The van der Waals surface area contributed by atoms with E-state index < -0.39 is 0 Å². The molecule has 4 nitrogen and oxygen atoms in total. The summed E-state index contributed by atoms with van der Waals surface area (Å²) in [5.41, 5.74) is 4.79. The van der Waals surface area contributed by atoms with Gasteiger partial charge >= 0.3 is 0 Å². The number of benzene rings is 2. The van der Waals surface area contributed by atoms with E-state index in [1.807, 2.05) is 24.4 Å². The summed E-state index contributed by atoms with van der Waals surface area (Å²) in [5, 5.41) is 4.28. The summed E-state index contributed by atoms with van der Waals surface area (Å²) in [7, 11) is 0. The van der Waals surface area contributed by atoms with E-state index in [0.29, 0.717) is 6.54 Å². The van der Waals surface area contributed by atoms with Crippen molar-refractivity contribution in [2.24, 2.45) is 0 Å². The van der Waals surface area contributed by atoms with Crippen molar-refractivity contribution in [1.82, 2.24) is 15.2 Å². The second kappa shape index (κ2) is 7.89. The number of rotatable bonds is 7. The van der Waals surface area contributed by atoms with E-state index in [1.165, 1.54) is 22.1 Å². The minimum Gasteiger partial charge on any atom is -0.354 e. The van der Waals surface area contributed by atoms with E-state index in [1.54, 1.807) is 0 Å². The van der Waals surface area contributed by atoms with E-state index >= 15 is 0 Å². The maximum Gasteiger partial charge on any atom is 0.227 e. The molecule has 0 radical (unpaired) electrons. The fourth-order valence-electron chi connectivity index (χ4n) is 3.78. The standard InChI is InChI=1S/C23H25N3O/c1-2-26(16-17-9-10-22-19(14-17)7-5-11-24-22)13-12-25-23(27)21-15-18-6-3-4-8-20(18)21/h3-11,14,21H,2,12-13,15-16H2,1H3,(H,25,27). The van der Waals surface area contributed by atoms with Crippen LogP contribution in [0.5, 0.6) is 0 Å². The third-order valence-electron chi connectivity index (χ3n) is 5.42. The van der Waals surface area contributed by atoms with Crippen LogP contribution >= 0.6 is 0 Å². The Morgan fingerprint density at radius 1 is 1.19 bits per heavy atom. The summed E-state index contributed by atoms with van der Waals surface area (Å²) < 4.78 is 0. The van der Waals surface area contributed by atoms with Crippen molar-refractivity contribution in [3.63, 3.8) is 0 Å². The van der Waals surface area contributed by atoms with Gasteiger partial charge in [-0.3, -0.25) is 14.7 Å². The Balaban J connectivity index is 1.29. The van der Waals surface area contributed by atoms with Gasteiger partial charge < -0.3 is 5.32 Å². The molecular weight excluding hydrogens is 334 g/mol. The lowest BCUT2D eigenvalue weighted by Gasteiger charge is -2.29. The summed E-state index contributed by atoms with van der Waals surface area (Å²) in [6, 6.07) is 18.7. The van der Waals surface area contributed by atoms with Crippen LogP contribution in [0, 0.1) is 0 Å². The average Bonchev–Trinajstić information content (AvgIpc) is 2.68. The Kier molecular flexibility index (Phi) is 5.16. The number of amides is 1. The molecule has 1 heterocycles. The molecule has 0 saturated heterocycles. The van der Waals surface area contributed by atoms with Gasteiger partial charge in [0.05, 0.1) is 11.4 Å². The topological polar surface area (TPSA) is 45.2 Å². The van der Waals surface area contributed by atoms with Crippen LogP contribution in [0.4, 0.5) is 0 Å². The van der Waals surface area contributed by atoms with E-state index in [-0.39, 0.29) is 11.8 Å². The smallest absolute Gasteiger partial charge is 0.227 e. The maximum absolute atomic E-state index is 12.4. The Morgan fingerprint density at radius 2 is 2.07 bits per heavy atom. The van der Waals surface area contributed by atoms with Crippen LogP contribution in [-0.2, 0) is 17.8 Å². The van der Waals surface area contributed by atoms with Gasteiger partial charge in [0.25, 0.3) is 0 Å². The zero-order chi connectivity index (χ0) is 18.6. The summed E-state index contributed by atoms with van der Waals surface area (Å²) >= 11 is 0. The highest BCUT2D eigenvalue weighted by atomic mass is 16.1. The van der Waals surface area contributed by atoms with Gasteiger partial charge in [-0.1, -0.05) is 43.3 Å². The molecular formula is C23H25N3O. The highest BCUT2D eigenvalue weighted by Gasteiger charge is 2.31. The molecule has 1 aromatic heterocycles.